The van der Waals surface area contributed by atoms with Crippen molar-refractivity contribution in [3.8, 4) is 0 Å². The number of hydrogen-bond donors (Lipinski definition) is 1. The average Bonchev–Trinajstić information content (AvgIpc) is 2.90. The minimum atomic E-state index is -0.809. The van der Waals surface area contributed by atoms with Gasteiger partial charge in [-0.1, -0.05) is 27.7 Å². The summed E-state index contributed by atoms with van der Waals surface area (Å²) in [6, 6.07) is 8.35. The smallest absolute Gasteiger partial charge is 0.103 e. The van der Waals surface area contributed by atoms with Gasteiger partial charge in [0.1, 0.15) is 6.10 Å². The lowest BCUT2D eigenvalue weighted by Gasteiger charge is -2.39. The third kappa shape index (κ3) is 12.5. The van der Waals surface area contributed by atoms with Crippen LogP contribution in [0.15, 0.2) is 36.7 Å². The number of aryl methyl sites for hydroxylation is 1. The van der Waals surface area contributed by atoms with Crippen molar-refractivity contribution < 1.29 is 14.6 Å². The fourth-order valence-corrected chi connectivity index (χ4v) is 3.71. The fourth-order valence-electron chi connectivity index (χ4n) is 3.71. The van der Waals surface area contributed by atoms with E-state index < -0.39 is 5.60 Å². The van der Waals surface area contributed by atoms with Gasteiger partial charge in [0.25, 0.3) is 0 Å². The average molecular weight is 532 g/mol. The summed E-state index contributed by atoms with van der Waals surface area (Å²) < 4.78 is 10.9. The van der Waals surface area contributed by atoms with Crippen LogP contribution in [-0.4, -0.2) is 98.8 Å². The molecule has 0 aliphatic carbocycles. The Balaban J connectivity index is 0.000000317. The van der Waals surface area contributed by atoms with Crippen LogP contribution in [0.3, 0.4) is 0 Å². The number of anilines is 2. The van der Waals surface area contributed by atoms with Crippen molar-refractivity contribution in [2.75, 3.05) is 76.9 Å². The Morgan fingerprint density at radius 2 is 1.42 bits per heavy atom. The summed E-state index contributed by atoms with van der Waals surface area (Å²) in [6.07, 6.45) is 3.69. The lowest BCUT2D eigenvalue weighted by atomic mass is 10.00. The maximum atomic E-state index is 9.98. The summed E-state index contributed by atoms with van der Waals surface area (Å²) >= 11 is 0. The first-order valence-electron chi connectivity index (χ1n) is 13.9. The summed E-state index contributed by atoms with van der Waals surface area (Å²) in [6.45, 7) is 19.7. The maximum Gasteiger partial charge on any atom is 0.103 e. The summed E-state index contributed by atoms with van der Waals surface area (Å²) in [7, 11) is 6.00. The Bertz CT molecular complexity index is 858. The lowest BCUT2D eigenvalue weighted by Crippen LogP contribution is -2.52. The largest absolute Gasteiger partial charge is 0.388 e. The van der Waals surface area contributed by atoms with Crippen molar-refractivity contribution in [1.82, 2.24) is 14.9 Å². The van der Waals surface area contributed by atoms with Crippen LogP contribution in [-0.2, 0) is 9.47 Å². The van der Waals surface area contributed by atoms with E-state index in [-0.39, 0.29) is 6.10 Å². The third-order valence-corrected chi connectivity index (χ3v) is 5.85. The second-order valence-electron chi connectivity index (χ2n) is 10.7. The summed E-state index contributed by atoms with van der Waals surface area (Å²) in [4.78, 5) is 15.3. The Morgan fingerprint density at radius 1 is 0.895 bits per heavy atom. The molecule has 2 fully saturated rings. The third-order valence-electron chi connectivity index (χ3n) is 5.85. The highest BCUT2D eigenvalue weighted by atomic mass is 16.5. The van der Waals surface area contributed by atoms with E-state index in [1.54, 1.807) is 13.8 Å². The molecule has 0 spiro atoms. The van der Waals surface area contributed by atoms with Gasteiger partial charge in [-0.25, -0.2) is 0 Å². The van der Waals surface area contributed by atoms with Crippen molar-refractivity contribution in [2.45, 2.75) is 66.1 Å². The molecule has 2 aromatic heterocycles. The molecule has 1 N–H and O–H groups in total. The molecule has 0 bridgehead atoms. The van der Waals surface area contributed by atoms with Gasteiger partial charge >= 0.3 is 0 Å². The van der Waals surface area contributed by atoms with Gasteiger partial charge in [-0.3, -0.25) is 9.97 Å². The van der Waals surface area contributed by atoms with Crippen LogP contribution in [0.4, 0.5) is 11.4 Å². The minimum absolute atomic E-state index is 0.155. The molecular formula is C30H53N5O3. The summed E-state index contributed by atoms with van der Waals surface area (Å²) in [5.41, 5.74) is 3.67. The van der Waals surface area contributed by atoms with Crippen LogP contribution in [0.2, 0.25) is 0 Å². The molecule has 8 nitrogen and oxygen atoms in total. The van der Waals surface area contributed by atoms with Crippen LogP contribution in [0.5, 0.6) is 0 Å². The zero-order chi connectivity index (χ0) is 28.7. The second kappa shape index (κ2) is 17.4. The number of nitrogens with zero attached hydrogens (tertiary/aromatic N) is 5. The van der Waals surface area contributed by atoms with Crippen LogP contribution in [0.25, 0.3) is 0 Å². The monoisotopic (exact) mass is 531 g/mol. The van der Waals surface area contributed by atoms with Crippen molar-refractivity contribution >= 4 is 11.4 Å². The van der Waals surface area contributed by atoms with Crippen LogP contribution in [0.1, 0.15) is 58.8 Å². The molecule has 216 valence electrons. The lowest BCUT2D eigenvalue weighted by molar-refractivity contribution is -0.0928. The van der Waals surface area contributed by atoms with E-state index in [0.29, 0.717) is 19.1 Å². The van der Waals surface area contributed by atoms with Gasteiger partial charge in [-0.05, 0) is 72.1 Å². The first-order chi connectivity index (χ1) is 18.0. The van der Waals surface area contributed by atoms with Gasteiger partial charge in [-0.2, -0.15) is 0 Å². The van der Waals surface area contributed by atoms with Crippen molar-refractivity contribution in [2.24, 2.45) is 0 Å². The molecule has 0 saturated carbocycles. The van der Waals surface area contributed by atoms with E-state index in [2.05, 4.69) is 51.8 Å². The second-order valence-corrected chi connectivity index (χ2v) is 10.7. The number of rotatable bonds is 4. The summed E-state index contributed by atoms with van der Waals surface area (Å²) in [5.74, 6) is 0.503. The molecule has 2 saturated heterocycles. The van der Waals surface area contributed by atoms with Crippen LogP contribution in [0, 0.1) is 6.92 Å². The van der Waals surface area contributed by atoms with Crippen molar-refractivity contribution in [3.05, 3.63) is 48.0 Å². The number of ether oxygens (including phenoxy) is 2. The number of morpholine rings is 2. The first-order valence-corrected chi connectivity index (χ1v) is 13.9. The van der Waals surface area contributed by atoms with Gasteiger partial charge in [0.05, 0.1) is 49.2 Å². The number of hydrogen-bond acceptors (Lipinski definition) is 8. The molecule has 2 aliphatic heterocycles. The van der Waals surface area contributed by atoms with Gasteiger partial charge in [-0.15, -0.1) is 0 Å². The van der Waals surface area contributed by atoms with Gasteiger partial charge in [0, 0.05) is 37.6 Å². The zero-order valence-corrected chi connectivity index (χ0v) is 25.6. The normalized spacial score (nSPS) is 17.6. The molecule has 1 unspecified atom stereocenters. The molecule has 0 radical (unpaired) electrons. The predicted molar refractivity (Wildman–Crippen MR) is 160 cm³/mol. The summed E-state index contributed by atoms with van der Waals surface area (Å²) in [5, 5.41) is 9.98. The molecular weight excluding hydrogens is 478 g/mol. The highest BCUT2D eigenvalue weighted by Crippen LogP contribution is 2.22. The predicted octanol–water partition coefficient (Wildman–Crippen LogP) is 4.61. The van der Waals surface area contributed by atoms with E-state index in [1.807, 2.05) is 65.3 Å². The molecule has 8 heteroatoms. The quantitative estimate of drug-likeness (QED) is 0.613. The highest BCUT2D eigenvalue weighted by Gasteiger charge is 2.32. The Hall–Kier alpha value is -2.26. The van der Waals surface area contributed by atoms with Crippen molar-refractivity contribution in [1.29, 1.82) is 0 Å². The highest BCUT2D eigenvalue weighted by molar-refractivity contribution is 5.46. The topological polar surface area (TPSA) is 74.2 Å². The molecule has 38 heavy (non-hydrogen) atoms. The zero-order valence-electron chi connectivity index (χ0n) is 25.6. The Labute approximate surface area is 232 Å². The molecule has 4 heterocycles. The van der Waals surface area contributed by atoms with Crippen molar-refractivity contribution in [3.63, 3.8) is 0 Å². The van der Waals surface area contributed by atoms with Gasteiger partial charge < -0.3 is 29.3 Å². The van der Waals surface area contributed by atoms with Gasteiger partial charge in [0.15, 0.2) is 0 Å². The molecule has 2 aliphatic rings. The Morgan fingerprint density at radius 3 is 1.89 bits per heavy atom. The minimum Gasteiger partial charge on any atom is -0.388 e. The molecule has 0 amide bonds. The SMILES string of the molecule is CC.CC(C)c1ccc(N2CCOCC2)cn1.CN(C)C.Cc1ccc(N2CCOC(C(C)(C)O)C2)cn1. The first kappa shape index (κ1) is 33.8. The van der Waals surface area contributed by atoms with E-state index >= 15 is 0 Å². The number of aromatic nitrogens is 2. The fraction of sp³-hybridized carbons (Fsp3) is 0.667. The molecule has 2 aromatic rings. The molecule has 4 rings (SSSR count). The number of pyridine rings is 2. The van der Waals surface area contributed by atoms with Crippen LogP contribution >= 0.6 is 0 Å². The maximum absolute atomic E-state index is 9.98. The van der Waals surface area contributed by atoms with E-state index in [0.717, 1.165) is 49.9 Å². The van der Waals surface area contributed by atoms with E-state index in [4.69, 9.17) is 9.47 Å². The molecule has 1 atom stereocenters. The standard InChI is InChI=1S/C13H20N2O2.C12H18N2O.C3H9N.C2H6/c1-10-4-5-11(8-14-10)15-6-7-17-12(9-15)13(2,3)16;1-10(2)12-4-3-11(9-13-12)14-5-7-15-8-6-14;1-4(2)3;1-2/h4-5,8,12,16H,6-7,9H2,1-3H3;3-4,9-10H,5-8H2,1-2H3;1-3H3;1-2H3. The molecule has 0 aromatic carbocycles. The van der Waals surface area contributed by atoms with E-state index in [9.17, 15) is 5.11 Å². The van der Waals surface area contributed by atoms with E-state index in [1.165, 1.54) is 5.69 Å². The number of aliphatic hydroxyl groups is 1. The van der Waals surface area contributed by atoms with Crippen LogP contribution < -0.4 is 9.80 Å². The Kier molecular flexibility index (Phi) is 15.4. The van der Waals surface area contributed by atoms with Gasteiger partial charge in [0.2, 0.25) is 0 Å².